The van der Waals surface area contributed by atoms with E-state index < -0.39 is 0 Å². The summed E-state index contributed by atoms with van der Waals surface area (Å²) >= 11 is 0. The van der Waals surface area contributed by atoms with Gasteiger partial charge in [-0.25, -0.2) is 0 Å². The molecule has 0 amide bonds. The minimum absolute atomic E-state index is 0.747. The highest BCUT2D eigenvalue weighted by molar-refractivity contribution is 4.72. The quantitative estimate of drug-likeness (QED) is 0.179. The number of unbranched alkanes of at least 4 members (excludes halogenated alkanes) is 15. The lowest BCUT2D eigenvalue weighted by Gasteiger charge is -2.33. The van der Waals surface area contributed by atoms with Gasteiger partial charge in [0.2, 0.25) is 0 Å². The van der Waals surface area contributed by atoms with Gasteiger partial charge in [-0.1, -0.05) is 117 Å². The summed E-state index contributed by atoms with van der Waals surface area (Å²) in [4.78, 5) is 2.74. The monoisotopic (exact) mass is 381 g/mol. The Bertz CT molecular complexity index is 265. The SMILES string of the molecule is CCCCCCCCCCCCCCCCCCN(C(C)CC)C(C)CC. The third-order valence-corrected chi connectivity index (χ3v) is 6.58. The molecule has 0 aliphatic heterocycles. The van der Waals surface area contributed by atoms with Crippen molar-refractivity contribution in [3.8, 4) is 0 Å². The molecule has 2 atom stereocenters. The lowest BCUT2D eigenvalue weighted by Crippen LogP contribution is -2.40. The number of nitrogens with zero attached hydrogens (tertiary/aromatic N) is 1. The molecule has 2 unspecified atom stereocenters. The van der Waals surface area contributed by atoms with Crippen molar-refractivity contribution in [3.05, 3.63) is 0 Å². The normalized spacial score (nSPS) is 14.0. The molecule has 0 aromatic carbocycles. The van der Waals surface area contributed by atoms with E-state index in [1.807, 2.05) is 0 Å². The van der Waals surface area contributed by atoms with Crippen molar-refractivity contribution < 1.29 is 0 Å². The highest BCUT2D eigenvalue weighted by Gasteiger charge is 2.16. The lowest BCUT2D eigenvalue weighted by molar-refractivity contribution is 0.143. The van der Waals surface area contributed by atoms with E-state index in [4.69, 9.17) is 0 Å². The van der Waals surface area contributed by atoms with Crippen molar-refractivity contribution in [1.29, 1.82) is 0 Å². The smallest absolute Gasteiger partial charge is 0.00671 e. The van der Waals surface area contributed by atoms with Gasteiger partial charge in [-0.3, -0.25) is 4.90 Å². The van der Waals surface area contributed by atoms with Gasteiger partial charge in [-0.05, 0) is 39.7 Å². The summed E-state index contributed by atoms with van der Waals surface area (Å²) in [5.74, 6) is 0. The Morgan fingerprint density at radius 3 is 1.04 bits per heavy atom. The summed E-state index contributed by atoms with van der Waals surface area (Å²) in [6.07, 6.45) is 25.9. The van der Waals surface area contributed by atoms with Crippen molar-refractivity contribution in [3.63, 3.8) is 0 Å². The summed E-state index contributed by atoms with van der Waals surface area (Å²) in [6.45, 7) is 13.1. The minimum atomic E-state index is 0.747. The van der Waals surface area contributed by atoms with Crippen molar-refractivity contribution >= 4 is 0 Å². The molecule has 0 aromatic heterocycles. The van der Waals surface area contributed by atoms with Crippen molar-refractivity contribution in [2.24, 2.45) is 0 Å². The van der Waals surface area contributed by atoms with E-state index in [9.17, 15) is 0 Å². The number of hydrogen-bond acceptors (Lipinski definition) is 1. The highest BCUT2D eigenvalue weighted by Crippen LogP contribution is 2.16. The molecular weight excluding hydrogens is 326 g/mol. The average Bonchev–Trinajstić information content (AvgIpc) is 2.69. The highest BCUT2D eigenvalue weighted by atomic mass is 15.2. The Morgan fingerprint density at radius 2 is 0.741 bits per heavy atom. The molecule has 0 rings (SSSR count). The molecule has 0 spiro atoms. The van der Waals surface area contributed by atoms with Crippen LogP contribution in [0.4, 0.5) is 0 Å². The zero-order valence-corrected chi connectivity index (χ0v) is 20.0. The summed E-state index contributed by atoms with van der Waals surface area (Å²) in [6, 6.07) is 1.49. The Hall–Kier alpha value is -0.0400. The third-order valence-electron chi connectivity index (χ3n) is 6.58. The summed E-state index contributed by atoms with van der Waals surface area (Å²) in [5.41, 5.74) is 0. The molecular formula is C26H55N. The molecule has 164 valence electrons. The van der Waals surface area contributed by atoms with Gasteiger partial charge >= 0.3 is 0 Å². The molecule has 0 saturated heterocycles. The predicted molar refractivity (Wildman–Crippen MR) is 126 cm³/mol. The van der Waals surface area contributed by atoms with Gasteiger partial charge in [0.1, 0.15) is 0 Å². The molecule has 0 aliphatic carbocycles. The van der Waals surface area contributed by atoms with E-state index in [2.05, 4.69) is 39.5 Å². The average molecular weight is 382 g/mol. The van der Waals surface area contributed by atoms with Crippen LogP contribution in [0.3, 0.4) is 0 Å². The van der Waals surface area contributed by atoms with Crippen LogP contribution in [0.25, 0.3) is 0 Å². The molecule has 1 heteroatoms. The molecule has 0 saturated carbocycles. The minimum Gasteiger partial charge on any atom is -0.298 e. The summed E-state index contributed by atoms with van der Waals surface area (Å²) < 4.78 is 0. The van der Waals surface area contributed by atoms with Gasteiger partial charge in [-0.2, -0.15) is 0 Å². The van der Waals surface area contributed by atoms with E-state index in [0.717, 1.165) is 12.1 Å². The molecule has 0 fully saturated rings. The van der Waals surface area contributed by atoms with E-state index >= 15 is 0 Å². The largest absolute Gasteiger partial charge is 0.298 e. The molecule has 0 N–H and O–H groups in total. The van der Waals surface area contributed by atoms with Gasteiger partial charge in [-0.15, -0.1) is 0 Å². The van der Waals surface area contributed by atoms with E-state index in [1.54, 1.807) is 0 Å². The maximum atomic E-state index is 2.74. The molecule has 1 nitrogen and oxygen atoms in total. The fraction of sp³-hybridized carbons (Fsp3) is 1.00. The standard InChI is InChI=1S/C26H55N/c1-6-9-10-11-12-13-14-15-16-17-18-19-20-21-22-23-24-27(25(4)7-2)26(5)8-3/h25-26H,6-24H2,1-5H3. The zero-order valence-electron chi connectivity index (χ0n) is 20.0. The van der Waals surface area contributed by atoms with E-state index in [-0.39, 0.29) is 0 Å². The first kappa shape index (κ1) is 27.0. The fourth-order valence-corrected chi connectivity index (χ4v) is 4.19. The molecule has 0 aromatic rings. The van der Waals surface area contributed by atoms with Crippen LogP contribution in [-0.2, 0) is 0 Å². The van der Waals surface area contributed by atoms with Gasteiger partial charge in [0.25, 0.3) is 0 Å². The zero-order chi connectivity index (χ0) is 20.2. The maximum absolute atomic E-state index is 2.74. The third kappa shape index (κ3) is 16.6. The first-order valence-electron chi connectivity index (χ1n) is 12.9. The second-order valence-corrected chi connectivity index (χ2v) is 9.06. The summed E-state index contributed by atoms with van der Waals surface area (Å²) in [5, 5.41) is 0. The molecule has 0 heterocycles. The van der Waals surface area contributed by atoms with Crippen LogP contribution in [0.1, 0.15) is 150 Å². The van der Waals surface area contributed by atoms with Gasteiger partial charge in [0.05, 0.1) is 0 Å². The van der Waals surface area contributed by atoms with Crippen LogP contribution in [0, 0.1) is 0 Å². The molecule has 27 heavy (non-hydrogen) atoms. The molecule has 0 radical (unpaired) electrons. The van der Waals surface area contributed by atoms with Crippen LogP contribution < -0.4 is 0 Å². The van der Waals surface area contributed by atoms with Gasteiger partial charge in [0.15, 0.2) is 0 Å². The lowest BCUT2D eigenvalue weighted by atomic mass is 10.0. The Morgan fingerprint density at radius 1 is 0.444 bits per heavy atom. The van der Waals surface area contributed by atoms with Crippen LogP contribution in [0.15, 0.2) is 0 Å². The van der Waals surface area contributed by atoms with Crippen LogP contribution in [0.2, 0.25) is 0 Å². The fourth-order valence-electron chi connectivity index (χ4n) is 4.19. The van der Waals surface area contributed by atoms with Crippen LogP contribution in [-0.4, -0.2) is 23.5 Å². The maximum Gasteiger partial charge on any atom is 0.00671 e. The second kappa shape index (κ2) is 20.7. The first-order valence-corrected chi connectivity index (χ1v) is 12.9. The van der Waals surface area contributed by atoms with Gasteiger partial charge in [0, 0.05) is 12.1 Å². The molecule has 0 bridgehead atoms. The topological polar surface area (TPSA) is 3.24 Å². The first-order chi connectivity index (χ1) is 13.2. The van der Waals surface area contributed by atoms with Crippen molar-refractivity contribution in [2.45, 2.75) is 162 Å². The van der Waals surface area contributed by atoms with Gasteiger partial charge < -0.3 is 0 Å². The van der Waals surface area contributed by atoms with Crippen molar-refractivity contribution in [2.75, 3.05) is 6.54 Å². The van der Waals surface area contributed by atoms with Crippen LogP contribution in [0.5, 0.6) is 0 Å². The Labute approximate surface area is 174 Å². The van der Waals surface area contributed by atoms with E-state index in [0.29, 0.717) is 0 Å². The van der Waals surface area contributed by atoms with Crippen LogP contribution >= 0.6 is 0 Å². The summed E-state index contributed by atoms with van der Waals surface area (Å²) in [7, 11) is 0. The number of hydrogen-bond donors (Lipinski definition) is 0. The number of rotatable bonds is 21. The molecule has 0 aliphatic rings. The predicted octanol–water partition coefficient (Wildman–Crippen LogP) is 9.15. The Kier molecular flexibility index (Phi) is 20.7. The Balaban J connectivity index is 3.35. The van der Waals surface area contributed by atoms with Crippen molar-refractivity contribution in [1.82, 2.24) is 4.90 Å². The van der Waals surface area contributed by atoms with E-state index in [1.165, 1.54) is 122 Å². The second-order valence-electron chi connectivity index (χ2n) is 9.06.